The first-order valence-electron chi connectivity index (χ1n) is 11.0. The Morgan fingerprint density at radius 1 is 1.14 bits per heavy atom. The van der Waals surface area contributed by atoms with Gasteiger partial charge in [0.2, 0.25) is 0 Å². The van der Waals surface area contributed by atoms with Crippen molar-refractivity contribution in [2.75, 3.05) is 11.5 Å². The molecule has 2 aliphatic heterocycles. The number of anilines is 1. The van der Waals surface area contributed by atoms with Crippen molar-refractivity contribution in [1.29, 1.82) is 0 Å². The van der Waals surface area contributed by atoms with Gasteiger partial charge in [-0.25, -0.2) is 9.18 Å². The molecule has 1 unspecified atom stereocenters. The summed E-state index contributed by atoms with van der Waals surface area (Å²) in [5, 5.41) is 1.50. The van der Waals surface area contributed by atoms with Crippen LogP contribution in [0.2, 0.25) is 10.0 Å². The number of carbonyl (C=O) groups is 1. The van der Waals surface area contributed by atoms with Gasteiger partial charge in [0.15, 0.2) is 0 Å². The van der Waals surface area contributed by atoms with Crippen molar-refractivity contribution in [3.8, 4) is 0 Å². The number of hydrogen-bond acceptors (Lipinski definition) is 5. The molecule has 178 valence electrons. The standard InChI is InChI=1S/C27H21Cl2FN2O2S/c1-2-34-27(33)24-23(15-8-10-17(28)11-9-15)19-12-16-13-21(30)20(29)14-22(16)35-26(19)32(25(24)31)18-6-4-3-5-7-18/h3-11,13-14,23H,2,12,31H2,1H3. The molecule has 0 radical (unpaired) electrons. The Kier molecular flexibility index (Phi) is 6.53. The van der Waals surface area contributed by atoms with Crippen molar-refractivity contribution in [1.82, 2.24) is 0 Å². The third kappa shape index (κ3) is 4.31. The summed E-state index contributed by atoms with van der Waals surface area (Å²) in [5.74, 6) is -1.16. The summed E-state index contributed by atoms with van der Waals surface area (Å²) in [4.78, 5) is 16.1. The maximum absolute atomic E-state index is 14.4. The molecule has 0 saturated heterocycles. The first kappa shape index (κ1) is 23.8. The molecule has 8 heteroatoms. The van der Waals surface area contributed by atoms with Crippen LogP contribution in [-0.4, -0.2) is 12.6 Å². The zero-order chi connectivity index (χ0) is 24.7. The van der Waals surface area contributed by atoms with E-state index in [-0.39, 0.29) is 17.5 Å². The van der Waals surface area contributed by atoms with Gasteiger partial charge >= 0.3 is 5.97 Å². The molecule has 1 atom stereocenters. The molecule has 0 fully saturated rings. The van der Waals surface area contributed by atoms with Crippen LogP contribution in [0.1, 0.15) is 24.0 Å². The number of hydrogen-bond donors (Lipinski definition) is 1. The topological polar surface area (TPSA) is 55.6 Å². The number of rotatable bonds is 4. The van der Waals surface area contributed by atoms with Gasteiger partial charge in [-0.15, -0.1) is 0 Å². The number of esters is 1. The third-order valence-corrected chi connectivity index (χ3v) is 7.82. The van der Waals surface area contributed by atoms with Gasteiger partial charge in [-0.1, -0.05) is 65.3 Å². The third-order valence-electron chi connectivity index (χ3n) is 6.04. The average molecular weight is 527 g/mol. The summed E-state index contributed by atoms with van der Waals surface area (Å²) in [6.07, 6.45) is 0.415. The lowest BCUT2D eigenvalue weighted by atomic mass is 9.79. The summed E-state index contributed by atoms with van der Waals surface area (Å²) in [5.41, 5.74) is 10.5. The highest BCUT2D eigenvalue weighted by atomic mass is 35.5. The van der Waals surface area contributed by atoms with Gasteiger partial charge in [0.1, 0.15) is 11.6 Å². The Morgan fingerprint density at radius 3 is 2.54 bits per heavy atom. The minimum Gasteiger partial charge on any atom is -0.463 e. The van der Waals surface area contributed by atoms with Crippen molar-refractivity contribution in [3.63, 3.8) is 0 Å². The Morgan fingerprint density at radius 2 is 1.86 bits per heavy atom. The molecule has 0 aliphatic carbocycles. The fourth-order valence-electron chi connectivity index (χ4n) is 4.51. The second kappa shape index (κ2) is 9.61. The number of fused-ring (bicyclic) bond motifs is 1. The molecule has 0 bridgehead atoms. The highest BCUT2D eigenvalue weighted by molar-refractivity contribution is 8.03. The molecule has 0 aromatic heterocycles. The lowest BCUT2D eigenvalue weighted by molar-refractivity contribution is -0.138. The van der Waals surface area contributed by atoms with Crippen LogP contribution in [0.3, 0.4) is 0 Å². The van der Waals surface area contributed by atoms with Crippen molar-refractivity contribution >= 4 is 46.6 Å². The van der Waals surface area contributed by atoms with Crippen molar-refractivity contribution in [2.45, 2.75) is 24.2 Å². The van der Waals surface area contributed by atoms with Gasteiger partial charge in [-0.3, -0.25) is 4.90 Å². The molecule has 0 spiro atoms. The Bertz CT molecular complexity index is 1370. The van der Waals surface area contributed by atoms with Crippen molar-refractivity contribution in [2.24, 2.45) is 5.73 Å². The molecule has 35 heavy (non-hydrogen) atoms. The zero-order valence-corrected chi connectivity index (χ0v) is 21.1. The number of ether oxygens (including phenoxy) is 1. The number of para-hydroxylation sites is 1. The van der Waals surface area contributed by atoms with E-state index < -0.39 is 17.7 Å². The number of thioether (sulfide) groups is 1. The fraction of sp³-hybridized carbons (Fsp3) is 0.148. The molecule has 0 saturated carbocycles. The predicted octanol–water partition coefficient (Wildman–Crippen LogP) is 7.03. The average Bonchev–Trinajstić information content (AvgIpc) is 2.84. The summed E-state index contributed by atoms with van der Waals surface area (Å²) in [6.45, 7) is 1.97. The molecule has 0 amide bonds. The number of halogens is 3. The summed E-state index contributed by atoms with van der Waals surface area (Å²) in [7, 11) is 0. The van der Waals surface area contributed by atoms with Gasteiger partial charge in [0, 0.05) is 21.5 Å². The Hall–Kier alpha value is -2.93. The molecule has 4 nitrogen and oxygen atoms in total. The van der Waals surface area contributed by atoms with Gasteiger partial charge < -0.3 is 10.5 Å². The quantitative estimate of drug-likeness (QED) is 0.369. The smallest absolute Gasteiger partial charge is 0.338 e. The Balaban J connectivity index is 1.76. The van der Waals surface area contributed by atoms with E-state index >= 15 is 0 Å². The van der Waals surface area contributed by atoms with E-state index in [1.807, 2.05) is 47.4 Å². The largest absolute Gasteiger partial charge is 0.463 e. The predicted molar refractivity (Wildman–Crippen MR) is 139 cm³/mol. The minimum absolute atomic E-state index is 0.0624. The lowest BCUT2D eigenvalue weighted by Gasteiger charge is -2.41. The van der Waals surface area contributed by atoms with Crippen LogP contribution < -0.4 is 10.6 Å². The number of nitrogens with zero attached hydrogens (tertiary/aromatic N) is 1. The Labute approximate surface area is 217 Å². The number of allylic oxidation sites excluding steroid dienone is 1. The van der Waals surface area contributed by atoms with Crippen LogP contribution in [0, 0.1) is 5.82 Å². The van der Waals surface area contributed by atoms with Crippen LogP contribution in [0.5, 0.6) is 0 Å². The van der Waals surface area contributed by atoms with E-state index in [4.69, 9.17) is 33.7 Å². The van der Waals surface area contributed by atoms with E-state index in [0.29, 0.717) is 17.0 Å². The van der Waals surface area contributed by atoms with Crippen LogP contribution in [0.25, 0.3) is 0 Å². The highest BCUT2D eigenvalue weighted by Crippen LogP contribution is 2.52. The van der Waals surface area contributed by atoms with E-state index in [2.05, 4.69) is 0 Å². The summed E-state index contributed by atoms with van der Waals surface area (Å²) in [6, 6.07) is 20.0. The maximum atomic E-state index is 14.4. The first-order valence-corrected chi connectivity index (χ1v) is 12.6. The molecular weight excluding hydrogens is 506 g/mol. The zero-order valence-electron chi connectivity index (χ0n) is 18.7. The summed E-state index contributed by atoms with van der Waals surface area (Å²) >= 11 is 13.7. The number of nitrogens with two attached hydrogens (primary N) is 1. The molecule has 2 N–H and O–H groups in total. The summed E-state index contributed by atoms with van der Waals surface area (Å²) < 4.78 is 19.9. The van der Waals surface area contributed by atoms with E-state index in [9.17, 15) is 9.18 Å². The highest BCUT2D eigenvalue weighted by Gasteiger charge is 2.41. The van der Waals surface area contributed by atoms with E-state index in [1.54, 1.807) is 25.1 Å². The van der Waals surface area contributed by atoms with Gasteiger partial charge in [-0.05, 0) is 66.4 Å². The van der Waals surface area contributed by atoms with E-state index in [0.717, 1.165) is 32.3 Å². The van der Waals surface area contributed by atoms with Crippen LogP contribution in [0.4, 0.5) is 10.1 Å². The molecule has 3 aromatic rings. The van der Waals surface area contributed by atoms with Gasteiger partial charge in [0.25, 0.3) is 0 Å². The molecule has 5 rings (SSSR count). The second-order valence-corrected chi connectivity index (χ2v) is 10.0. The molecule has 2 aliphatic rings. The van der Waals surface area contributed by atoms with Crippen LogP contribution in [-0.2, 0) is 16.0 Å². The molecule has 2 heterocycles. The molecular formula is C27H21Cl2FN2O2S. The maximum Gasteiger partial charge on any atom is 0.338 e. The molecule has 3 aromatic carbocycles. The van der Waals surface area contributed by atoms with Crippen LogP contribution >= 0.6 is 35.0 Å². The second-order valence-electron chi connectivity index (χ2n) is 8.16. The number of carbonyl (C=O) groups excluding carboxylic acids is 1. The van der Waals surface area contributed by atoms with Crippen molar-refractivity contribution < 1.29 is 13.9 Å². The minimum atomic E-state index is -0.490. The fourth-order valence-corrected chi connectivity index (χ4v) is 6.13. The first-order chi connectivity index (χ1) is 16.9. The normalized spacial score (nSPS) is 17.3. The van der Waals surface area contributed by atoms with Gasteiger partial charge in [0.05, 0.1) is 22.2 Å². The SMILES string of the molecule is CCOC(=O)C1=C(N)N(c2ccccc2)C2=C(Cc3cc(F)c(Cl)cc3S2)C1c1ccc(Cl)cc1. The number of benzene rings is 3. The lowest BCUT2D eigenvalue weighted by Crippen LogP contribution is -2.38. The van der Waals surface area contributed by atoms with Crippen LogP contribution in [0.15, 0.2) is 93.6 Å². The monoisotopic (exact) mass is 526 g/mol. The van der Waals surface area contributed by atoms with Gasteiger partial charge in [-0.2, -0.15) is 0 Å². The van der Waals surface area contributed by atoms with E-state index in [1.165, 1.54) is 17.8 Å². The van der Waals surface area contributed by atoms with Crippen molar-refractivity contribution in [3.05, 3.63) is 116 Å².